The maximum atomic E-state index is 12.4. The lowest BCUT2D eigenvalue weighted by Crippen LogP contribution is -2.21. The van der Waals surface area contributed by atoms with Crippen LogP contribution < -0.4 is 5.32 Å². The molecule has 1 N–H and O–H groups in total. The van der Waals surface area contributed by atoms with Gasteiger partial charge in [-0.15, -0.1) is 0 Å². The molecule has 0 spiro atoms. The average Bonchev–Trinajstić information content (AvgIpc) is 2.59. The number of halogens is 4. The molecule has 0 saturated carbocycles. The molecule has 2 heterocycles. The zero-order chi connectivity index (χ0) is 14.3. The Hall–Kier alpha value is -1.02. The Balaban J connectivity index is 2.15. The summed E-state index contributed by atoms with van der Waals surface area (Å²) in [5.74, 6) is 0.0614. The first-order chi connectivity index (χ1) is 8.67. The first-order valence-corrected chi connectivity index (χ1v) is 7.57. The van der Waals surface area contributed by atoms with E-state index in [2.05, 4.69) is 10.3 Å². The first kappa shape index (κ1) is 14.4. The minimum absolute atomic E-state index is 0.0585. The zero-order valence-electron chi connectivity index (χ0n) is 9.54. The molecule has 0 amide bonds. The molecule has 1 aromatic heterocycles. The van der Waals surface area contributed by atoms with Crippen molar-refractivity contribution >= 4 is 27.3 Å². The van der Waals surface area contributed by atoms with Crippen molar-refractivity contribution in [3.05, 3.63) is 22.8 Å². The average molecular weight is 315 g/mol. The van der Waals surface area contributed by atoms with Crippen LogP contribution in [0.15, 0.2) is 12.3 Å². The SMILES string of the molecule is O=S1(=O)CC[C@@H](Nc2ncc(C(F)(F)F)cc2Cl)C1. The second kappa shape index (κ2) is 4.82. The number of nitrogens with zero attached hydrogens (tertiary/aromatic N) is 1. The van der Waals surface area contributed by atoms with Crippen LogP contribution in [-0.4, -0.2) is 30.9 Å². The first-order valence-electron chi connectivity index (χ1n) is 5.37. The Morgan fingerprint density at radius 3 is 2.58 bits per heavy atom. The molecule has 1 aliphatic rings. The Bertz CT molecular complexity index is 589. The van der Waals surface area contributed by atoms with Crippen molar-refractivity contribution in [2.24, 2.45) is 0 Å². The quantitative estimate of drug-likeness (QED) is 0.910. The van der Waals surface area contributed by atoms with Gasteiger partial charge < -0.3 is 5.32 Å². The van der Waals surface area contributed by atoms with E-state index in [1.165, 1.54) is 0 Å². The third-order valence-electron chi connectivity index (χ3n) is 2.74. The smallest absolute Gasteiger partial charge is 0.365 e. The predicted molar refractivity (Wildman–Crippen MR) is 64.9 cm³/mol. The van der Waals surface area contributed by atoms with Crippen LogP contribution in [-0.2, 0) is 16.0 Å². The summed E-state index contributed by atoms with van der Waals surface area (Å²) in [6, 6.07) is 0.395. The number of hydrogen-bond donors (Lipinski definition) is 1. The standard InChI is InChI=1S/C10H10ClF3N2O2S/c11-8-3-6(10(12,13)14)4-15-9(8)16-7-1-2-19(17,18)5-7/h3-4,7H,1-2,5H2,(H,15,16)/t7-/m1/s1. The van der Waals surface area contributed by atoms with Crippen LogP contribution in [0.2, 0.25) is 5.02 Å². The normalized spacial score (nSPS) is 22.4. The number of alkyl halides is 3. The van der Waals surface area contributed by atoms with E-state index >= 15 is 0 Å². The maximum absolute atomic E-state index is 12.4. The monoisotopic (exact) mass is 314 g/mol. The highest BCUT2D eigenvalue weighted by Gasteiger charge is 2.32. The maximum Gasteiger partial charge on any atom is 0.417 e. The Kier molecular flexibility index (Phi) is 3.65. The van der Waals surface area contributed by atoms with E-state index in [1.54, 1.807) is 0 Å². The molecule has 1 aromatic rings. The van der Waals surface area contributed by atoms with Gasteiger partial charge in [0.25, 0.3) is 0 Å². The van der Waals surface area contributed by atoms with E-state index in [0.29, 0.717) is 12.6 Å². The Labute approximate surface area is 112 Å². The highest BCUT2D eigenvalue weighted by atomic mass is 35.5. The fourth-order valence-electron chi connectivity index (χ4n) is 1.80. The van der Waals surface area contributed by atoms with Crippen molar-refractivity contribution in [2.45, 2.75) is 18.6 Å². The van der Waals surface area contributed by atoms with Gasteiger partial charge in [-0.3, -0.25) is 0 Å². The number of pyridine rings is 1. The Morgan fingerprint density at radius 2 is 2.11 bits per heavy atom. The lowest BCUT2D eigenvalue weighted by molar-refractivity contribution is -0.137. The zero-order valence-corrected chi connectivity index (χ0v) is 11.1. The van der Waals surface area contributed by atoms with Crippen molar-refractivity contribution < 1.29 is 21.6 Å². The van der Waals surface area contributed by atoms with Crippen molar-refractivity contribution in [1.82, 2.24) is 4.98 Å². The number of sulfone groups is 1. The molecule has 4 nitrogen and oxygen atoms in total. The summed E-state index contributed by atoms with van der Waals surface area (Å²) in [6.45, 7) is 0. The van der Waals surface area contributed by atoms with E-state index < -0.39 is 21.6 Å². The van der Waals surface area contributed by atoms with Crippen LogP contribution in [0.3, 0.4) is 0 Å². The van der Waals surface area contributed by atoms with Crippen LogP contribution in [0.25, 0.3) is 0 Å². The minimum Gasteiger partial charge on any atom is -0.365 e. The van der Waals surface area contributed by atoms with E-state index in [4.69, 9.17) is 11.6 Å². The highest BCUT2D eigenvalue weighted by molar-refractivity contribution is 7.91. The second-order valence-electron chi connectivity index (χ2n) is 4.30. The van der Waals surface area contributed by atoms with E-state index in [-0.39, 0.29) is 28.4 Å². The molecular formula is C10H10ClF3N2O2S. The molecule has 0 unspecified atom stereocenters. The van der Waals surface area contributed by atoms with Crippen LogP contribution in [0, 0.1) is 0 Å². The lowest BCUT2D eigenvalue weighted by atomic mass is 10.2. The topological polar surface area (TPSA) is 59.1 Å². The van der Waals surface area contributed by atoms with Gasteiger partial charge in [0, 0.05) is 12.2 Å². The molecule has 19 heavy (non-hydrogen) atoms. The molecule has 0 bridgehead atoms. The Morgan fingerprint density at radius 1 is 1.42 bits per heavy atom. The van der Waals surface area contributed by atoms with E-state index in [1.807, 2.05) is 0 Å². The van der Waals surface area contributed by atoms with Gasteiger partial charge in [0.1, 0.15) is 5.82 Å². The summed E-state index contributed by atoms with van der Waals surface area (Å²) in [5, 5.41) is 2.57. The van der Waals surface area contributed by atoms with Gasteiger partial charge in [-0.2, -0.15) is 13.2 Å². The summed E-state index contributed by atoms with van der Waals surface area (Å²) >= 11 is 5.71. The molecule has 1 fully saturated rings. The minimum atomic E-state index is -4.51. The van der Waals surface area contributed by atoms with Crippen LogP contribution in [0.5, 0.6) is 0 Å². The third kappa shape index (κ3) is 3.50. The number of hydrogen-bond acceptors (Lipinski definition) is 4. The van der Waals surface area contributed by atoms with Gasteiger partial charge in [0.05, 0.1) is 22.1 Å². The highest BCUT2D eigenvalue weighted by Crippen LogP contribution is 2.32. The van der Waals surface area contributed by atoms with Crippen molar-refractivity contribution in [3.8, 4) is 0 Å². The summed E-state index contributed by atoms with van der Waals surface area (Å²) in [6.07, 6.45) is -3.45. The molecular weight excluding hydrogens is 305 g/mol. The van der Waals surface area contributed by atoms with Gasteiger partial charge in [-0.05, 0) is 12.5 Å². The summed E-state index contributed by atoms with van der Waals surface area (Å²) in [4.78, 5) is 3.60. The van der Waals surface area contributed by atoms with Crippen molar-refractivity contribution in [3.63, 3.8) is 0 Å². The molecule has 106 valence electrons. The fourth-order valence-corrected chi connectivity index (χ4v) is 3.70. The largest absolute Gasteiger partial charge is 0.417 e. The van der Waals surface area contributed by atoms with Gasteiger partial charge in [-0.1, -0.05) is 11.6 Å². The summed E-state index contributed by atoms with van der Waals surface area (Å²) < 4.78 is 59.7. The van der Waals surface area contributed by atoms with Crippen molar-refractivity contribution in [2.75, 3.05) is 16.8 Å². The molecule has 9 heteroatoms. The van der Waals surface area contributed by atoms with Gasteiger partial charge in [-0.25, -0.2) is 13.4 Å². The van der Waals surface area contributed by atoms with Crippen LogP contribution in [0.1, 0.15) is 12.0 Å². The third-order valence-corrected chi connectivity index (χ3v) is 4.80. The van der Waals surface area contributed by atoms with Gasteiger partial charge >= 0.3 is 6.18 Å². The number of nitrogens with one attached hydrogen (secondary N) is 1. The van der Waals surface area contributed by atoms with E-state index in [0.717, 1.165) is 6.07 Å². The number of rotatable bonds is 2. The molecule has 0 aromatic carbocycles. The number of aromatic nitrogens is 1. The fraction of sp³-hybridized carbons (Fsp3) is 0.500. The lowest BCUT2D eigenvalue weighted by Gasteiger charge is -2.14. The molecule has 2 rings (SSSR count). The van der Waals surface area contributed by atoms with Crippen molar-refractivity contribution in [1.29, 1.82) is 0 Å². The van der Waals surface area contributed by atoms with Crippen LogP contribution in [0.4, 0.5) is 19.0 Å². The predicted octanol–water partition coefficient (Wildman–Crippen LogP) is 2.35. The second-order valence-corrected chi connectivity index (χ2v) is 6.93. The molecule has 0 radical (unpaired) electrons. The summed E-state index contributed by atoms with van der Waals surface area (Å²) in [5.41, 5.74) is -0.943. The van der Waals surface area contributed by atoms with E-state index in [9.17, 15) is 21.6 Å². The molecule has 1 aliphatic heterocycles. The molecule has 1 saturated heterocycles. The number of anilines is 1. The molecule has 0 aliphatic carbocycles. The van der Waals surface area contributed by atoms with Crippen LogP contribution >= 0.6 is 11.6 Å². The van der Waals surface area contributed by atoms with Gasteiger partial charge in [0.2, 0.25) is 0 Å². The van der Waals surface area contributed by atoms with Gasteiger partial charge in [0.15, 0.2) is 9.84 Å². The summed E-state index contributed by atoms with van der Waals surface area (Å²) in [7, 11) is -3.07. The molecule has 1 atom stereocenters.